The van der Waals surface area contributed by atoms with Gasteiger partial charge in [0.15, 0.2) is 5.82 Å². The molecule has 0 saturated carbocycles. The summed E-state index contributed by atoms with van der Waals surface area (Å²) in [5.74, 6) is 0.727. The molecular formula is C13H15N7O. The summed E-state index contributed by atoms with van der Waals surface area (Å²) in [5, 5.41) is 24.3. The van der Waals surface area contributed by atoms with Crippen molar-refractivity contribution in [3.63, 3.8) is 0 Å². The second kappa shape index (κ2) is 6.14. The van der Waals surface area contributed by atoms with Crippen LogP contribution in [0.4, 0.5) is 5.69 Å². The van der Waals surface area contributed by atoms with Gasteiger partial charge in [0.05, 0.1) is 31.6 Å². The standard InChI is InChI=1S/C13H15N7O/c21-8-7-19-10-11(17-18-19)9-15-12-3-1-4-14-13(12)20-6-2-5-16-20/h1-6,10,15,21H,7-9H2. The fourth-order valence-corrected chi connectivity index (χ4v) is 1.93. The van der Waals surface area contributed by atoms with Gasteiger partial charge in [0.25, 0.3) is 0 Å². The number of nitrogens with zero attached hydrogens (tertiary/aromatic N) is 6. The van der Waals surface area contributed by atoms with Gasteiger partial charge in [-0.3, -0.25) is 0 Å². The molecule has 0 aromatic carbocycles. The number of nitrogens with one attached hydrogen (secondary N) is 1. The number of aliphatic hydroxyl groups is 1. The van der Waals surface area contributed by atoms with Gasteiger partial charge in [-0.05, 0) is 18.2 Å². The third kappa shape index (κ3) is 3.06. The average molecular weight is 285 g/mol. The van der Waals surface area contributed by atoms with Crippen molar-refractivity contribution in [2.75, 3.05) is 11.9 Å². The van der Waals surface area contributed by atoms with Crippen LogP contribution in [-0.4, -0.2) is 41.5 Å². The van der Waals surface area contributed by atoms with E-state index in [1.807, 2.05) is 24.4 Å². The van der Waals surface area contributed by atoms with Crippen molar-refractivity contribution < 1.29 is 5.11 Å². The van der Waals surface area contributed by atoms with E-state index in [-0.39, 0.29) is 6.61 Å². The summed E-state index contributed by atoms with van der Waals surface area (Å²) in [6.07, 6.45) is 7.07. The summed E-state index contributed by atoms with van der Waals surface area (Å²) in [4.78, 5) is 4.33. The molecule has 21 heavy (non-hydrogen) atoms. The van der Waals surface area contributed by atoms with Crippen LogP contribution in [0.1, 0.15) is 5.69 Å². The van der Waals surface area contributed by atoms with Crippen molar-refractivity contribution in [3.05, 3.63) is 48.7 Å². The highest BCUT2D eigenvalue weighted by Crippen LogP contribution is 2.16. The Labute approximate surface area is 121 Å². The van der Waals surface area contributed by atoms with Gasteiger partial charge in [0, 0.05) is 18.6 Å². The molecule has 0 fully saturated rings. The van der Waals surface area contributed by atoms with E-state index in [4.69, 9.17) is 5.11 Å². The normalized spacial score (nSPS) is 10.7. The lowest BCUT2D eigenvalue weighted by molar-refractivity contribution is 0.268. The van der Waals surface area contributed by atoms with Gasteiger partial charge >= 0.3 is 0 Å². The van der Waals surface area contributed by atoms with Gasteiger partial charge in [-0.2, -0.15) is 5.10 Å². The molecule has 0 aliphatic carbocycles. The largest absolute Gasteiger partial charge is 0.394 e. The van der Waals surface area contributed by atoms with Crippen molar-refractivity contribution in [2.45, 2.75) is 13.1 Å². The molecule has 3 heterocycles. The van der Waals surface area contributed by atoms with Crippen LogP contribution in [0.15, 0.2) is 43.0 Å². The smallest absolute Gasteiger partial charge is 0.176 e. The summed E-state index contributed by atoms with van der Waals surface area (Å²) in [6.45, 7) is 1.01. The minimum Gasteiger partial charge on any atom is -0.394 e. The van der Waals surface area contributed by atoms with Gasteiger partial charge < -0.3 is 10.4 Å². The molecule has 0 atom stereocenters. The van der Waals surface area contributed by atoms with Crippen molar-refractivity contribution in [1.29, 1.82) is 0 Å². The Balaban J connectivity index is 1.73. The minimum absolute atomic E-state index is 0.0439. The lowest BCUT2D eigenvalue weighted by atomic mass is 10.3. The van der Waals surface area contributed by atoms with Crippen molar-refractivity contribution in [1.82, 2.24) is 29.8 Å². The molecule has 0 radical (unpaired) electrons. The lowest BCUT2D eigenvalue weighted by Crippen LogP contribution is -2.06. The number of hydrogen-bond donors (Lipinski definition) is 2. The Morgan fingerprint density at radius 3 is 3.00 bits per heavy atom. The number of rotatable bonds is 6. The molecule has 8 heteroatoms. The Bertz CT molecular complexity index is 692. The lowest BCUT2D eigenvalue weighted by Gasteiger charge is -2.09. The average Bonchev–Trinajstić information content (AvgIpc) is 3.17. The van der Waals surface area contributed by atoms with E-state index in [9.17, 15) is 0 Å². The molecule has 0 aliphatic heterocycles. The molecule has 3 rings (SSSR count). The molecule has 3 aromatic rings. The van der Waals surface area contributed by atoms with Gasteiger partial charge in [0.1, 0.15) is 5.69 Å². The second-order valence-corrected chi connectivity index (χ2v) is 4.38. The van der Waals surface area contributed by atoms with Gasteiger partial charge in [-0.1, -0.05) is 5.21 Å². The first-order valence-electron chi connectivity index (χ1n) is 6.55. The predicted octanol–water partition coefficient (Wildman–Crippen LogP) is 0.463. The van der Waals surface area contributed by atoms with Crippen LogP contribution in [0.2, 0.25) is 0 Å². The molecule has 2 N–H and O–H groups in total. The maximum Gasteiger partial charge on any atom is 0.176 e. The molecule has 3 aromatic heterocycles. The van der Waals surface area contributed by atoms with Crippen LogP contribution in [0, 0.1) is 0 Å². The zero-order valence-electron chi connectivity index (χ0n) is 11.3. The Morgan fingerprint density at radius 2 is 2.19 bits per heavy atom. The topological polar surface area (TPSA) is 93.7 Å². The van der Waals surface area contributed by atoms with E-state index in [1.165, 1.54) is 0 Å². The Hall–Kier alpha value is -2.74. The molecule has 0 saturated heterocycles. The molecule has 0 amide bonds. The fourth-order valence-electron chi connectivity index (χ4n) is 1.93. The first-order valence-corrected chi connectivity index (χ1v) is 6.55. The highest BCUT2D eigenvalue weighted by atomic mass is 16.3. The SMILES string of the molecule is OCCn1cc(CNc2cccnc2-n2cccn2)nn1. The first-order chi connectivity index (χ1) is 10.4. The summed E-state index contributed by atoms with van der Waals surface area (Å²) in [5.41, 5.74) is 1.65. The molecule has 0 aliphatic rings. The van der Waals surface area contributed by atoms with Crippen LogP contribution >= 0.6 is 0 Å². The maximum atomic E-state index is 8.86. The monoisotopic (exact) mass is 285 g/mol. The molecule has 8 nitrogen and oxygen atoms in total. The van der Waals surface area contributed by atoms with E-state index in [0.29, 0.717) is 13.1 Å². The van der Waals surface area contributed by atoms with E-state index in [2.05, 4.69) is 25.7 Å². The quantitative estimate of drug-likeness (QED) is 0.683. The zero-order valence-corrected chi connectivity index (χ0v) is 11.3. The maximum absolute atomic E-state index is 8.86. The highest BCUT2D eigenvalue weighted by Gasteiger charge is 2.07. The molecular weight excluding hydrogens is 270 g/mol. The Morgan fingerprint density at radius 1 is 1.24 bits per heavy atom. The number of aromatic nitrogens is 6. The third-order valence-electron chi connectivity index (χ3n) is 2.88. The van der Waals surface area contributed by atoms with Crippen LogP contribution in [0.3, 0.4) is 0 Å². The highest BCUT2D eigenvalue weighted by molar-refractivity contribution is 5.56. The van der Waals surface area contributed by atoms with Crippen LogP contribution in [0.25, 0.3) is 5.82 Å². The Kier molecular flexibility index (Phi) is 3.88. The van der Waals surface area contributed by atoms with E-state index < -0.39 is 0 Å². The van der Waals surface area contributed by atoms with E-state index in [1.54, 1.807) is 28.0 Å². The van der Waals surface area contributed by atoms with E-state index >= 15 is 0 Å². The van der Waals surface area contributed by atoms with Crippen LogP contribution in [-0.2, 0) is 13.1 Å². The second-order valence-electron chi connectivity index (χ2n) is 4.38. The minimum atomic E-state index is 0.0439. The first kappa shape index (κ1) is 13.3. The van der Waals surface area contributed by atoms with Crippen LogP contribution in [0.5, 0.6) is 0 Å². The summed E-state index contributed by atoms with van der Waals surface area (Å²) < 4.78 is 3.31. The molecule has 0 unspecified atom stereocenters. The number of pyridine rings is 1. The molecule has 0 spiro atoms. The van der Waals surface area contributed by atoms with Crippen molar-refractivity contribution in [3.8, 4) is 5.82 Å². The van der Waals surface area contributed by atoms with Crippen LogP contribution < -0.4 is 5.32 Å². The number of aliphatic hydroxyl groups excluding tert-OH is 1. The molecule has 0 bridgehead atoms. The summed E-state index contributed by atoms with van der Waals surface area (Å²) in [7, 11) is 0. The van der Waals surface area contributed by atoms with Gasteiger partial charge in [0.2, 0.25) is 0 Å². The van der Waals surface area contributed by atoms with Crippen molar-refractivity contribution in [2.24, 2.45) is 0 Å². The number of hydrogen-bond acceptors (Lipinski definition) is 6. The third-order valence-corrected chi connectivity index (χ3v) is 2.88. The number of anilines is 1. The van der Waals surface area contributed by atoms with Gasteiger partial charge in [-0.25, -0.2) is 14.3 Å². The van der Waals surface area contributed by atoms with Crippen molar-refractivity contribution >= 4 is 5.69 Å². The zero-order chi connectivity index (χ0) is 14.5. The summed E-state index contributed by atoms with van der Waals surface area (Å²) in [6, 6.07) is 5.64. The van der Waals surface area contributed by atoms with E-state index in [0.717, 1.165) is 17.2 Å². The fraction of sp³-hybridized carbons (Fsp3) is 0.231. The predicted molar refractivity (Wildman–Crippen MR) is 75.8 cm³/mol. The van der Waals surface area contributed by atoms with Gasteiger partial charge in [-0.15, -0.1) is 5.10 Å². The molecule has 108 valence electrons. The summed E-state index contributed by atoms with van der Waals surface area (Å²) >= 11 is 0.